The first kappa shape index (κ1) is 15.6. The second kappa shape index (κ2) is 6.65. The minimum atomic E-state index is -3.60. The molecule has 1 unspecified atom stereocenters. The maximum atomic E-state index is 12.0. The smallest absolute Gasteiger partial charge is 0.240 e. The maximum absolute atomic E-state index is 12.0. The summed E-state index contributed by atoms with van der Waals surface area (Å²) in [6, 6.07) is 5.53. The Kier molecular flexibility index (Phi) is 5.46. The monoisotopic (exact) mass is 286 g/mol. The molecule has 0 saturated heterocycles. The standard InChI is InChI=1S/C12H18N2O4S/c1-9(7-8-15)14-19(17,18)12-5-3-11(4-6-12)13-10(2)16/h3-6,9,14-15H,7-8H2,1-2H3,(H,13,16). The van der Waals surface area contributed by atoms with Crippen LogP contribution in [0.4, 0.5) is 5.69 Å². The Labute approximate surface area is 112 Å². The van der Waals surface area contributed by atoms with Crippen molar-refractivity contribution < 1.29 is 18.3 Å². The summed E-state index contributed by atoms with van der Waals surface area (Å²) >= 11 is 0. The van der Waals surface area contributed by atoms with E-state index >= 15 is 0 Å². The highest BCUT2D eigenvalue weighted by Crippen LogP contribution is 2.14. The first-order valence-corrected chi connectivity index (χ1v) is 7.34. The van der Waals surface area contributed by atoms with Gasteiger partial charge in [-0.25, -0.2) is 13.1 Å². The Bertz CT molecular complexity index is 525. The Hall–Kier alpha value is -1.44. The van der Waals surface area contributed by atoms with Crippen molar-refractivity contribution >= 4 is 21.6 Å². The zero-order valence-electron chi connectivity index (χ0n) is 10.9. The van der Waals surface area contributed by atoms with E-state index in [0.29, 0.717) is 12.1 Å². The van der Waals surface area contributed by atoms with Crippen LogP contribution < -0.4 is 10.0 Å². The van der Waals surface area contributed by atoms with Crippen molar-refractivity contribution in [2.45, 2.75) is 31.2 Å². The summed E-state index contributed by atoms with van der Waals surface area (Å²) in [4.78, 5) is 11.0. The van der Waals surface area contributed by atoms with Gasteiger partial charge >= 0.3 is 0 Å². The quantitative estimate of drug-likeness (QED) is 0.717. The van der Waals surface area contributed by atoms with E-state index in [2.05, 4.69) is 10.0 Å². The van der Waals surface area contributed by atoms with E-state index in [1.165, 1.54) is 31.2 Å². The van der Waals surface area contributed by atoms with Crippen molar-refractivity contribution in [2.24, 2.45) is 0 Å². The lowest BCUT2D eigenvalue weighted by Gasteiger charge is -2.13. The van der Waals surface area contributed by atoms with E-state index in [0.717, 1.165) is 0 Å². The van der Waals surface area contributed by atoms with Crippen LogP contribution in [0.3, 0.4) is 0 Å². The first-order chi connectivity index (χ1) is 8.85. The predicted octanol–water partition coefficient (Wildman–Crippen LogP) is 0.694. The molecule has 6 nitrogen and oxygen atoms in total. The summed E-state index contributed by atoms with van der Waals surface area (Å²) in [5.41, 5.74) is 0.537. The molecule has 0 heterocycles. The lowest BCUT2D eigenvalue weighted by molar-refractivity contribution is -0.114. The van der Waals surface area contributed by atoms with Crippen LogP contribution in [0, 0.1) is 0 Å². The molecule has 0 spiro atoms. The number of amides is 1. The van der Waals surface area contributed by atoms with E-state index in [4.69, 9.17) is 5.11 Å². The van der Waals surface area contributed by atoms with Gasteiger partial charge in [0.25, 0.3) is 0 Å². The van der Waals surface area contributed by atoms with Gasteiger partial charge in [0.15, 0.2) is 0 Å². The molecule has 1 rings (SSSR count). The third-order valence-electron chi connectivity index (χ3n) is 2.40. The van der Waals surface area contributed by atoms with Gasteiger partial charge in [0.05, 0.1) is 4.90 Å². The zero-order chi connectivity index (χ0) is 14.5. The van der Waals surface area contributed by atoms with Crippen LogP contribution in [-0.4, -0.2) is 32.1 Å². The summed E-state index contributed by atoms with van der Waals surface area (Å²) in [6.07, 6.45) is 0.350. The Morgan fingerprint density at radius 1 is 1.32 bits per heavy atom. The molecular formula is C12H18N2O4S. The number of carbonyl (C=O) groups excluding carboxylic acids is 1. The molecule has 1 amide bonds. The third kappa shape index (κ3) is 4.98. The number of rotatable bonds is 6. The highest BCUT2D eigenvalue weighted by Gasteiger charge is 2.16. The number of benzene rings is 1. The molecule has 1 aromatic rings. The van der Waals surface area contributed by atoms with Gasteiger partial charge in [0.1, 0.15) is 0 Å². The molecule has 0 aromatic heterocycles. The van der Waals surface area contributed by atoms with Crippen molar-refractivity contribution in [3.05, 3.63) is 24.3 Å². The van der Waals surface area contributed by atoms with E-state index < -0.39 is 10.0 Å². The fourth-order valence-corrected chi connectivity index (χ4v) is 2.78. The van der Waals surface area contributed by atoms with E-state index in [-0.39, 0.29) is 23.5 Å². The van der Waals surface area contributed by atoms with Gasteiger partial charge < -0.3 is 10.4 Å². The number of hydrogen-bond acceptors (Lipinski definition) is 4. The number of aliphatic hydroxyl groups is 1. The molecule has 0 saturated carbocycles. The molecule has 7 heteroatoms. The number of anilines is 1. The second-order valence-corrected chi connectivity index (χ2v) is 5.95. The number of nitrogens with one attached hydrogen (secondary N) is 2. The molecule has 106 valence electrons. The van der Waals surface area contributed by atoms with Crippen LogP contribution in [0.1, 0.15) is 20.3 Å². The molecule has 3 N–H and O–H groups in total. The molecule has 1 aromatic carbocycles. The number of sulfonamides is 1. The predicted molar refractivity (Wildman–Crippen MR) is 72.2 cm³/mol. The van der Waals surface area contributed by atoms with Crippen molar-refractivity contribution in [3.63, 3.8) is 0 Å². The summed E-state index contributed by atoms with van der Waals surface area (Å²) in [7, 11) is -3.60. The lowest BCUT2D eigenvalue weighted by atomic mass is 10.3. The van der Waals surface area contributed by atoms with E-state index in [9.17, 15) is 13.2 Å². The van der Waals surface area contributed by atoms with Crippen molar-refractivity contribution in [1.29, 1.82) is 0 Å². The van der Waals surface area contributed by atoms with Gasteiger partial charge in [-0.2, -0.15) is 0 Å². The van der Waals surface area contributed by atoms with Gasteiger partial charge in [-0.15, -0.1) is 0 Å². The van der Waals surface area contributed by atoms with Gasteiger partial charge in [0.2, 0.25) is 15.9 Å². The van der Waals surface area contributed by atoms with Gasteiger partial charge in [0, 0.05) is 25.3 Å². The maximum Gasteiger partial charge on any atom is 0.240 e. The Morgan fingerprint density at radius 2 is 1.89 bits per heavy atom. The van der Waals surface area contributed by atoms with Crippen LogP contribution >= 0.6 is 0 Å². The van der Waals surface area contributed by atoms with Crippen LogP contribution in [0.2, 0.25) is 0 Å². The Morgan fingerprint density at radius 3 is 2.37 bits per heavy atom. The average molecular weight is 286 g/mol. The zero-order valence-corrected chi connectivity index (χ0v) is 11.7. The number of carbonyl (C=O) groups is 1. The highest BCUT2D eigenvalue weighted by molar-refractivity contribution is 7.89. The normalized spacial score (nSPS) is 13.0. The molecule has 19 heavy (non-hydrogen) atoms. The van der Waals surface area contributed by atoms with E-state index in [1.54, 1.807) is 6.92 Å². The summed E-state index contributed by atoms with van der Waals surface area (Å²) in [5.74, 6) is -0.217. The first-order valence-electron chi connectivity index (χ1n) is 5.86. The van der Waals surface area contributed by atoms with Crippen LogP contribution in [-0.2, 0) is 14.8 Å². The SMILES string of the molecule is CC(=O)Nc1ccc(S(=O)(=O)NC(C)CCO)cc1. The topological polar surface area (TPSA) is 95.5 Å². The molecule has 1 atom stereocenters. The third-order valence-corrected chi connectivity index (χ3v) is 4.01. The van der Waals surface area contributed by atoms with E-state index in [1.807, 2.05) is 0 Å². The summed E-state index contributed by atoms with van der Waals surface area (Å²) < 4.78 is 26.4. The number of aliphatic hydroxyl groups excluding tert-OH is 1. The molecule has 0 radical (unpaired) electrons. The van der Waals surface area contributed by atoms with Crippen LogP contribution in [0.5, 0.6) is 0 Å². The fourth-order valence-electron chi connectivity index (χ4n) is 1.51. The fraction of sp³-hybridized carbons (Fsp3) is 0.417. The van der Waals surface area contributed by atoms with Crippen molar-refractivity contribution in [3.8, 4) is 0 Å². The van der Waals surface area contributed by atoms with Crippen molar-refractivity contribution in [2.75, 3.05) is 11.9 Å². The average Bonchev–Trinajstić information content (AvgIpc) is 2.28. The van der Waals surface area contributed by atoms with Gasteiger partial charge in [-0.1, -0.05) is 0 Å². The minimum absolute atomic E-state index is 0.0782. The minimum Gasteiger partial charge on any atom is -0.396 e. The van der Waals surface area contributed by atoms with Gasteiger partial charge in [-0.3, -0.25) is 4.79 Å². The second-order valence-electron chi connectivity index (χ2n) is 4.24. The van der Waals surface area contributed by atoms with Crippen LogP contribution in [0.25, 0.3) is 0 Å². The molecule has 0 fully saturated rings. The molecule has 0 aliphatic heterocycles. The summed E-state index contributed by atoms with van der Waals surface area (Å²) in [5, 5.41) is 11.3. The Balaban J connectivity index is 2.81. The molecule has 0 aliphatic rings. The van der Waals surface area contributed by atoms with Gasteiger partial charge in [-0.05, 0) is 37.6 Å². The molecular weight excluding hydrogens is 268 g/mol. The van der Waals surface area contributed by atoms with Crippen LogP contribution in [0.15, 0.2) is 29.2 Å². The lowest BCUT2D eigenvalue weighted by Crippen LogP contribution is -2.33. The molecule has 0 bridgehead atoms. The number of hydrogen-bond donors (Lipinski definition) is 3. The molecule has 0 aliphatic carbocycles. The van der Waals surface area contributed by atoms with Crippen molar-refractivity contribution in [1.82, 2.24) is 4.72 Å². The largest absolute Gasteiger partial charge is 0.396 e. The summed E-state index contributed by atoms with van der Waals surface area (Å²) in [6.45, 7) is 2.98. The highest BCUT2D eigenvalue weighted by atomic mass is 32.2.